The van der Waals surface area contributed by atoms with E-state index in [2.05, 4.69) is 4.98 Å². The SMILES string of the molecule is CC(=O)COC(=O)COc1ccc(Cl)c2cccnc12. The van der Waals surface area contributed by atoms with E-state index in [1.54, 1.807) is 24.4 Å². The van der Waals surface area contributed by atoms with Gasteiger partial charge in [0.15, 0.2) is 12.4 Å². The zero-order valence-electron chi connectivity index (χ0n) is 10.8. The molecule has 0 spiro atoms. The van der Waals surface area contributed by atoms with Crippen molar-refractivity contribution in [2.75, 3.05) is 13.2 Å². The lowest BCUT2D eigenvalue weighted by Gasteiger charge is -2.09. The molecule has 1 heterocycles. The monoisotopic (exact) mass is 293 g/mol. The van der Waals surface area contributed by atoms with Gasteiger partial charge in [-0.25, -0.2) is 4.79 Å². The molecule has 0 N–H and O–H groups in total. The third kappa shape index (κ3) is 3.45. The number of esters is 1. The zero-order chi connectivity index (χ0) is 14.5. The summed E-state index contributed by atoms with van der Waals surface area (Å²) >= 11 is 6.05. The van der Waals surface area contributed by atoms with E-state index in [4.69, 9.17) is 21.1 Å². The predicted octanol–water partition coefficient (Wildman–Crippen LogP) is 2.40. The van der Waals surface area contributed by atoms with Gasteiger partial charge in [-0.2, -0.15) is 0 Å². The fraction of sp³-hybridized carbons (Fsp3) is 0.214. The van der Waals surface area contributed by atoms with Crippen LogP contribution in [0, 0.1) is 0 Å². The molecule has 2 aromatic rings. The van der Waals surface area contributed by atoms with Gasteiger partial charge < -0.3 is 9.47 Å². The number of halogens is 1. The van der Waals surface area contributed by atoms with Crippen molar-refractivity contribution >= 4 is 34.3 Å². The maximum absolute atomic E-state index is 11.4. The summed E-state index contributed by atoms with van der Waals surface area (Å²) in [5.41, 5.74) is 0.569. The zero-order valence-corrected chi connectivity index (χ0v) is 11.5. The van der Waals surface area contributed by atoms with Crippen LogP contribution < -0.4 is 4.74 Å². The number of benzene rings is 1. The van der Waals surface area contributed by atoms with Gasteiger partial charge >= 0.3 is 5.97 Å². The van der Waals surface area contributed by atoms with Crippen LogP contribution in [0.25, 0.3) is 10.9 Å². The molecule has 5 nitrogen and oxygen atoms in total. The summed E-state index contributed by atoms with van der Waals surface area (Å²) in [5.74, 6) is -0.402. The van der Waals surface area contributed by atoms with Crippen molar-refractivity contribution in [2.24, 2.45) is 0 Å². The second kappa shape index (κ2) is 6.34. The average Bonchev–Trinajstić information content (AvgIpc) is 2.45. The highest BCUT2D eigenvalue weighted by Crippen LogP contribution is 2.29. The molecule has 0 aliphatic rings. The maximum Gasteiger partial charge on any atom is 0.344 e. The molecule has 0 radical (unpaired) electrons. The molecule has 0 aliphatic heterocycles. The van der Waals surface area contributed by atoms with E-state index in [1.807, 2.05) is 6.07 Å². The second-order valence-electron chi connectivity index (χ2n) is 4.10. The lowest BCUT2D eigenvalue weighted by molar-refractivity contribution is -0.149. The lowest BCUT2D eigenvalue weighted by atomic mass is 10.2. The molecular weight excluding hydrogens is 282 g/mol. The number of fused-ring (bicyclic) bond motifs is 1. The summed E-state index contributed by atoms with van der Waals surface area (Å²) in [6.07, 6.45) is 1.61. The topological polar surface area (TPSA) is 65.5 Å². The van der Waals surface area contributed by atoms with Crippen LogP contribution in [-0.4, -0.2) is 30.0 Å². The summed E-state index contributed by atoms with van der Waals surface area (Å²) in [6, 6.07) is 6.88. The maximum atomic E-state index is 11.4. The molecule has 20 heavy (non-hydrogen) atoms. The molecule has 2 rings (SSSR count). The largest absolute Gasteiger partial charge is 0.480 e. The number of nitrogens with zero attached hydrogens (tertiary/aromatic N) is 1. The number of carbonyl (C=O) groups is 2. The Labute approximate surface area is 120 Å². The molecule has 0 bridgehead atoms. The normalized spacial score (nSPS) is 10.3. The van der Waals surface area contributed by atoms with Crippen LogP contribution in [-0.2, 0) is 14.3 Å². The highest BCUT2D eigenvalue weighted by Gasteiger charge is 2.10. The third-order valence-corrected chi connectivity index (χ3v) is 2.79. The third-order valence-electron chi connectivity index (χ3n) is 2.46. The Balaban J connectivity index is 2.09. The number of pyridine rings is 1. The van der Waals surface area contributed by atoms with Crippen molar-refractivity contribution in [1.82, 2.24) is 4.98 Å². The molecule has 0 amide bonds. The molecule has 0 unspecified atom stereocenters. The van der Waals surface area contributed by atoms with Crippen LogP contribution in [0.4, 0.5) is 0 Å². The summed E-state index contributed by atoms with van der Waals surface area (Å²) in [5, 5.41) is 1.29. The minimum atomic E-state index is -0.612. The van der Waals surface area contributed by atoms with Gasteiger partial charge in [0.05, 0.1) is 5.02 Å². The van der Waals surface area contributed by atoms with E-state index in [0.717, 1.165) is 5.39 Å². The van der Waals surface area contributed by atoms with Crippen LogP contribution in [0.3, 0.4) is 0 Å². The van der Waals surface area contributed by atoms with Crippen molar-refractivity contribution in [3.05, 3.63) is 35.5 Å². The number of hydrogen-bond donors (Lipinski definition) is 0. The molecular formula is C14H12ClNO4. The number of Topliss-reactive ketones (excluding diaryl/α,β-unsaturated/α-hetero) is 1. The molecule has 104 valence electrons. The first-order valence-electron chi connectivity index (χ1n) is 5.89. The van der Waals surface area contributed by atoms with Crippen LogP contribution in [0.1, 0.15) is 6.92 Å². The van der Waals surface area contributed by atoms with Crippen molar-refractivity contribution in [3.8, 4) is 5.75 Å². The average molecular weight is 294 g/mol. The summed E-state index contributed by atoms with van der Waals surface area (Å²) in [4.78, 5) is 26.2. The molecule has 0 saturated carbocycles. The first-order valence-corrected chi connectivity index (χ1v) is 6.27. The van der Waals surface area contributed by atoms with Crippen LogP contribution in [0.15, 0.2) is 30.5 Å². The molecule has 6 heteroatoms. The van der Waals surface area contributed by atoms with Gasteiger partial charge in [-0.3, -0.25) is 9.78 Å². The quantitative estimate of drug-likeness (QED) is 0.792. The first-order chi connectivity index (χ1) is 9.58. The van der Waals surface area contributed by atoms with E-state index in [1.165, 1.54) is 6.92 Å². The minimum absolute atomic E-state index is 0.225. The van der Waals surface area contributed by atoms with Gasteiger partial charge in [0.25, 0.3) is 0 Å². The van der Waals surface area contributed by atoms with Gasteiger partial charge in [-0.05, 0) is 31.2 Å². The summed E-state index contributed by atoms with van der Waals surface area (Å²) < 4.78 is 10.1. The van der Waals surface area contributed by atoms with Gasteiger partial charge in [0.2, 0.25) is 0 Å². The molecule has 0 atom stereocenters. The minimum Gasteiger partial charge on any atom is -0.480 e. The number of ketones is 1. The lowest BCUT2D eigenvalue weighted by Crippen LogP contribution is -2.18. The highest BCUT2D eigenvalue weighted by atomic mass is 35.5. The van der Waals surface area contributed by atoms with Crippen molar-refractivity contribution < 1.29 is 19.1 Å². The van der Waals surface area contributed by atoms with Gasteiger partial charge in [0.1, 0.15) is 17.9 Å². The molecule has 1 aromatic heterocycles. The fourth-order valence-corrected chi connectivity index (χ4v) is 1.80. The first kappa shape index (κ1) is 14.3. The second-order valence-corrected chi connectivity index (χ2v) is 4.50. The van der Waals surface area contributed by atoms with Gasteiger partial charge in [0, 0.05) is 11.6 Å². The molecule has 0 fully saturated rings. The predicted molar refractivity (Wildman–Crippen MR) is 73.9 cm³/mol. The van der Waals surface area contributed by atoms with E-state index in [0.29, 0.717) is 16.3 Å². The van der Waals surface area contributed by atoms with E-state index in [9.17, 15) is 9.59 Å². The van der Waals surface area contributed by atoms with Crippen molar-refractivity contribution in [2.45, 2.75) is 6.92 Å². The number of ether oxygens (including phenoxy) is 2. The summed E-state index contributed by atoms with van der Waals surface area (Å²) in [7, 11) is 0. The Morgan fingerprint density at radius 1 is 1.25 bits per heavy atom. The van der Waals surface area contributed by atoms with Crippen LogP contribution in [0.2, 0.25) is 5.02 Å². The van der Waals surface area contributed by atoms with Crippen LogP contribution in [0.5, 0.6) is 5.75 Å². The van der Waals surface area contributed by atoms with Gasteiger partial charge in [-0.1, -0.05) is 11.6 Å². The Hall–Kier alpha value is -2.14. The Morgan fingerprint density at radius 3 is 2.80 bits per heavy atom. The smallest absolute Gasteiger partial charge is 0.344 e. The van der Waals surface area contributed by atoms with E-state index >= 15 is 0 Å². The van der Waals surface area contributed by atoms with Crippen LogP contribution >= 0.6 is 11.6 Å². The fourth-order valence-electron chi connectivity index (χ4n) is 1.59. The highest BCUT2D eigenvalue weighted by molar-refractivity contribution is 6.35. The molecule has 0 aliphatic carbocycles. The molecule has 0 saturated heterocycles. The Bertz CT molecular complexity index is 657. The standard InChI is InChI=1S/C14H12ClNO4/c1-9(17)7-20-13(18)8-19-12-5-4-11(15)10-3-2-6-16-14(10)12/h2-6H,7-8H2,1H3. The summed E-state index contributed by atoms with van der Waals surface area (Å²) in [6.45, 7) is 0.799. The van der Waals surface area contributed by atoms with Gasteiger partial charge in [-0.15, -0.1) is 0 Å². The van der Waals surface area contributed by atoms with Crippen molar-refractivity contribution in [3.63, 3.8) is 0 Å². The number of aromatic nitrogens is 1. The van der Waals surface area contributed by atoms with Crippen molar-refractivity contribution in [1.29, 1.82) is 0 Å². The Morgan fingerprint density at radius 2 is 2.05 bits per heavy atom. The van der Waals surface area contributed by atoms with E-state index in [-0.39, 0.29) is 19.0 Å². The number of hydrogen-bond acceptors (Lipinski definition) is 5. The number of rotatable bonds is 5. The Kier molecular flexibility index (Phi) is 4.53. The van der Waals surface area contributed by atoms with E-state index < -0.39 is 5.97 Å². The number of carbonyl (C=O) groups excluding carboxylic acids is 2. The molecule has 1 aromatic carbocycles.